The first-order valence-electron chi connectivity index (χ1n) is 15.7. The first-order valence-corrected chi connectivity index (χ1v) is 15.7. The van der Waals surface area contributed by atoms with Gasteiger partial charge >= 0.3 is 0 Å². The second-order valence-electron chi connectivity index (χ2n) is 11.0. The Bertz CT molecular complexity index is 1740. The molecule has 6 rings (SSSR count). The van der Waals surface area contributed by atoms with E-state index < -0.39 is 0 Å². The number of rotatable bonds is 12. The number of benzene rings is 6. The van der Waals surface area contributed by atoms with Crippen molar-refractivity contribution in [2.45, 2.75) is 26.4 Å². The SMILES string of the molecule is C(C#Cc1cc(OCc2ccccc2)cc(OCc2ccccc2)c1)#Cc1cc(OCc2ccccc2)cc(OCc2ccccc2)c1. The highest BCUT2D eigenvalue weighted by atomic mass is 16.5. The highest BCUT2D eigenvalue weighted by Crippen LogP contribution is 2.26. The fourth-order valence-electron chi connectivity index (χ4n) is 4.79. The molecule has 0 radical (unpaired) electrons. The summed E-state index contributed by atoms with van der Waals surface area (Å²) in [6.45, 7) is 1.75. The van der Waals surface area contributed by atoms with Crippen molar-refractivity contribution in [1.82, 2.24) is 0 Å². The normalized spacial score (nSPS) is 10.1. The molecule has 0 saturated carbocycles. The van der Waals surface area contributed by atoms with Gasteiger partial charge in [-0.25, -0.2) is 0 Å². The summed E-state index contributed by atoms with van der Waals surface area (Å²) in [5.41, 5.74) is 5.79. The number of hydrogen-bond acceptors (Lipinski definition) is 4. The molecule has 0 fully saturated rings. The van der Waals surface area contributed by atoms with Gasteiger partial charge < -0.3 is 18.9 Å². The first-order chi connectivity index (χ1) is 23.7. The Morgan fingerprint density at radius 1 is 0.312 bits per heavy atom. The van der Waals surface area contributed by atoms with Gasteiger partial charge in [0.05, 0.1) is 0 Å². The van der Waals surface area contributed by atoms with E-state index >= 15 is 0 Å². The van der Waals surface area contributed by atoms with Gasteiger partial charge in [0.15, 0.2) is 0 Å². The minimum absolute atomic E-state index is 0.438. The molecule has 0 saturated heterocycles. The topological polar surface area (TPSA) is 36.9 Å². The van der Waals surface area contributed by atoms with Gasteiger partial charge in [-0.1, -0.05) is 133 Å². The molecule has 6 aromatic rings. The maximum absolute atomic E-state index is 6.13. The zero-order valence-electron chi connectivity index (χ0n) is 26.5. The van der Waals surface area contributed by atoms with Gasteiger partial charge in [-0.3, -0.25) is 0 Å². The third-order valence-electron chi connectivity index (χ3n) is 7.23. The van der Waals surface area contributed by atoms with E-state index in [0.717, 1.165) is 33.4 Å². The standard InChI is InChI=1S/C44H34O4/c1-5-15-35(16-6-1)31-45-41-25-39(26-42(29-41)46-32-36-17-7-2-8-18-36)23-13-14-24-40-27-43(47-33-37-19-9-3-10-20-37)30-44(28-40)48-34-38-21-11-4-12-22-38/h1-12,15-22,25-30H,31-34H2. The fourth-order valence-corrected chi connectivity index (χ4v) is 4.79. The minimum Gasteiger partial charge on any atom is -0.489 e. The molecule has 4 heteroatoms. The Hall–Kier alpha value is -6.36. The molecular weight excluding hydrogens is 592 g/mol. The molecule has 0 aromatic heterocycles. The molecule has 0 spiro atoms. The smallest absolute Gasteiger partial charge is 0.124 e. The lowest BCUT2D eigenvalue weighted by atomic mass is 10.2. The molecule has 0 N–H and O–H groups in total. The van der Waals surface area contributed by atoms with Crippen LogP contribution in [0.5, 0.6) is 23.0 Å². The summed E-state index contributed by atoms with van der Waals surface area (Å²) in [5, 5.41) is 0. The van der Waals surface area contributed by atoms with E-state index in [0.29, 0.717) is 49.4 Å². The molecule has 0 aliphatic carbocycles. The molecule has 0 heterocycles. The van der Waals surface area contributed by atoms with E-state index in [1.807, 2.05) is 158 Å². The highest BCUT2D eigenvalue weighted by molar-refractivity contribution is 5.51. The summed E-state index contributed by atoms with van der Waals surface area (Å²) in [7, 11) is 0. The van der Waals surface area contributed by atoms with E-state index in [-0.39, 0.29) is 0 Å². The van der Waals surface area contributed by atoms with Crippen molar-refractivity contribution in [3.63, 3.8) is 0 Å². The second-order valence-corrected chi connectivity index (χ2v) is 11.0. The number of hydrogen-bond donors (Lipinski definition) is 0. The minimum atomic E-state index is 0.438. The Kier molecular flexibility index (Phi) is 11.1. The molecule has 48 heavy (non-hydrogen) atoms. The average Bonchev–Trinajstić information content (AvgIpc) is 3.15. The summed E-state index contributed by atoms with van der Waals surface area (Å²) in [6.07, 6.45) is 0. The zero-order valence-corrected chi connectivity index (χ0v) is 26.5. The molecule has 0 atom stereocenters. The van der Waals surface area contributed by atoms with Gasteiger partial charge in [0.25, 0.3) is 0 Å². The van der Waals surface area contributed by atoms with Crippen molar-refractivity contribution >= 4 is 0 Å². The summed E-state index contributed by atoms with van der Waals surface area (Å²) >= 11 is 0. The maximum atomic E-state index is 6.13. The lowest BCUT2D eigenvalue weighted by Crippen LogP contribution is -1.98. The molecule has 0 bridgehead atoms. The van der Waals surface area contributed by atoms with Gasteiger partial charge in [-0.15, -0.1) is 0 Å². The predicted molar refractivity (Wildman–Crippen MR) is 190 cm³/mol. The predicted octanol–water partition coefficient (Wildman–Crippen LogP) is 9.41. The molecule has 234 valence electrons. The van der Waals surface area contributed by atoms with Crippen LogP contribution < -0.4 is 18.9 Å². The van der Waals surface area contributed by atoms with Crippen LogP contribution in [-0.2, 0) is 26.4 Å². The van der Waals surface area contributed by atoms with E-state index in [4.69, 9.17) is 18.9 Å². The van der Waals surface area contributed by atoms with E-state index in [2.05, 4.69) is 23.7 Å². The monoisotopic (exact) mass is 626 g/mol. The zero-order chi connectivity index (χ0) is 32.6. The Morgan fingerprint density at radius 3 is 0.812 bits per heavy atom. The fraction of sp³-hybridized carbons (Fsp3) is 0.0909. The molecule has 0 amide bonds. The van der Waals surface area contributed by atoms with Gasteiger partial charge in [-0.2, -0.15) is 0 Å². The van der Waals surface area contributed by atoms with Crippen molar-refractivity contribution < 1.29 is 18.9 Å². The quantitative estimate of drug-likeness (QED) is 0.127. The summed E-state index contributed by atoms with van der Waals surface area (Å²) in [5.74, 6) is 15.0. The van der Waals surface area contributed by atoms with Crippen LogP contribution >= 0.6 is 0 Å². The van der Waals surface area contributed by atoms with E-state index in [9.17, 15) is 0 Å². The molecule has 0 aliphatic heterocycles. The van der Waals surface area contributed by atoms with Crippen molar-refractivity contribution in [3.8, 4) is 46.7 Å². The maximum Gasteiger partial charge on any atom is 0.124 e. The Labute approximate surface area is 282 Å². The largest absolute Gasteiger partial charge is 0.489 e. The lowest BCUT2D eigenvalue weighted by molar-refractivity contribution is 0.289. The van der Waals surface area contributed by atoms with Crippen LogP contribution in [-0.4, -0.2) is 0 Å². The Balaban J connectivity index is 1.21. The van der Waals surface area contributed by atoms with Crippen LogP contribution in [0.4, 0.5) is 0 Å². The van der Waals surface area contributed by atoms with Crippen LogP contribution in [0, 0.1) is 23.7 Å². The Morgan fingerprint density at radius 2 is 0.562 bits per heavy atom. The van der Waals surface area contributed by atoms with Gasteiger partial charge in [0.2, 0.25) is 0 Å². The first kappa shape index (κ1) is 31.6. The van der Waals surface area contributed by atoms with Crippen LogP contribution in [0.2, 0.25) is 0 Å². The summed E-state index contributed by atoms with van der Waals surface area (Å²) < 4.78 is 24.5. The molecular formula is C44H34O4. The summed E-state index contributed by atoms with van der Waals surface area (Å²) in [6, 6.07) is 51.6. The van der Waals surface area contributed by atoms with Crippen LogP contribution in [0.3, 0.4) is 0 Å². The molecule has 0 aliphatic rings. The van der Waals surface area contributed by atoms with Gasteiger partial charge in [-0.05, 0) is 58.4 Å². The third kappa shape index (κ3) is 10.1. The van der Waals surface area contributed by atoms with Crippen LogP contribution in [0.1, 0.15) is 33.4 Å². The molecule has 4 nitrogen and oxygen atoms in total. The third-order valence-corrected chi connectivity index (χ3v) is 7.23. The van der Waals surface area contributed by atoms with Crippen LogP contribution in [0.25, 0.3) is 0 Å². The van der Waals surface area contributed by atoms with Crippen molar-refractivity contribution in [3.05, 3.63) is 191 Å². The lowest BCUT2D eigenvalue weighted by Gasteiger charge is -2.11. The average molecular weight is 627 g/mol. The number of ether oxygens (including phenoxy) is 4. The van der Waals surface area contributed by atoms with Gasteiger partial charge in [0, 0.05) is 23.3 Å². The van der Waals surface area contributed by atoms with Crippen molar-refractivity contribution in [1.29, 1.82) is 0 Å². The van der Waals surface area contributed by atoms with E-state index in [1.54, 1.807) is 0 Å². The van der Waals surface area contributed by atoms with Gasteiger partial charge in [0.1, 0.15) is 49.4 Å². The highest BCUT2D eigenvalue weighted by Gasteiger charge is 2.06. The van der Waals surface area contributed by atoms with E-state index in [1.165, 1.54) is 0 Å². The van der Waals surface area contributed by atoms with Crippen molar-refractivity contribution in [2.75, 3.05) is 0 Å². The second kappa shape index (κ2) is 16.8. The van der Waals surface area contributed by atoms with Crippen molar-refractivity contribution in [2.24, 2.45) is 0 Å². The molecule has 6 aromatic carbocycles. The molecule has 0 unspecified atom stereocenters. The van der Waals surface area contributed by atoms with Crippen LogP contribution in [0.15, 0.2) is 158 Å². The summed E-state index contributed by atoms with van der Waals surface area (Å²) in [4.78, 5) is 0.